The number of piperazine rings is 1. The molecular formula is C26H30ClN5O2. The summed E-state index contributed by atoms with van der Waals surface area (Å²) in [7, 11) is 0. The van der Waals surface area contributed by atoms with Gasteiger partial charge in [-0.25, -0.2) is 5.43 Å². The number of carbonyl (C=O) groups is 1. The van der Waals surface area contributed by atoms with Crippen molar-refractivity contribution in [1.82, 2.24) is 14.9 Å². The van der Waals surface area contributed by atoms with Crippen LogP contribution in [0.1, 0.15) is 27.0 Å². The highest BCUT2D eigenvalue weighted by atomic mass is 35.5. The molecule has 0 spiro atoms. The van der Waals surface area contributed by atoms with E-state index in [1.807, 2.05) is 6.07 Å². The van der Waals surface area contributed by atoms with Gasteiger partial charge in [-0.2, -0.15) is 5.10 Å². The van der Waals surface area contributed by atoms with Gasteiger partial charge in [0, 0.05) is 62.9 Å². The smallest absolute Gasteiger partial charge is 0.271 e. The number of hydrogen-bond acceptors (Lipinski definition) is 5. The van der Waals surface area contributed by atoms with Crippen molar-refractivity contribution < 1.29 is 9.90 Å². The number of carbonyl (C=O) groups excluding carboxylic acids is 1. The molecule has 7 nitrogen and oxygen atoms in total. The molecule has 178 valence electrons. The molecule has 1 fully saturated rings. The molecule has 3 aromatic rings. The van der Waals surface area contributed by atoms with Crippen LogP contribution in [0.15, 0.2) is 60.0 Å². The first-order valence-corrected chi connectivity index (χ1v) is 11.8. The Morgan fingerprint density at radius 1 is 1.06 bits per heavy atom. The molecule has 0 unspecified atom stereocenters. The number of phenols is 1. The van der Waals surface area contributed by atoms with E-state index in [-0.39, 0.29) is 10.8 Å². The van der Waals surface area contributed by atoms with Crippen molar-refractivity contribution in [2.75, 3.05) is 37.6 Å². The highest BCUT2D eigenvalue weighted by molar-refractivity contribution is 6.32. The Kier molecular flexibility index (Phi) is 7.55. The number of aromatic nitrogens is 1. The van der Waals surface area contributed by atoms with Gasteiger partial charge in [0.05, 0.1) is 11.2 Å². The standard InChI is InChI=1S/C26H30ClN5O2/c1-19-20(2)24(32-15-13-31(14-16-32)12-11-30-9-3-4-10-30)7-5-22(19)18-28-29-26(34)21-6-8-25(33)23(27)17-21/h3-10,17-18,33H,11-16H2,1-2H3,(H,29,34)/b28-18+. The summed E-state index contributed by atoms with van der Waals surface area (Å²) in [5, 5.41) is 13.7. The second kappa shape index (κ2) is 10.8. The van der Waals surface area contributed by atoms with E-state index in [4.69, 9.17) is 11.6 Å². The number of nitrogens with zero attached hydrogens (tertiary/aromatic N) is 4. The van der Waals surface area contributed by atoms with Crippen LogP contribution < -0.4 is 10.3 Å². The molecule has 2 aromatic carbocycles. The Morgan fingerprint density at radius 3 is 2.50 bits per heavy atom. The Labute approximate surface area is 205 Å². The van der Waals surface area contributed by atoms with Crippen LogP contribution >= 0.6 is 11.6 Å². The van der Waals surface area contributed by atoms with Crippen LogP contribution in [-0.4, -0.2) is 59.4 Å². The summed E-state index contributed by atoms with van der Waals surface area (Å²) in [5.41, 5.74) is 7.41. The number of benzene rings is 2. The van der Waals surface area contributed by atoms with Crippen LogP contribution in [0, 0.1) is 13.8 Å². The third-order valence-electron chi connectivity index (χ3n) is 6.43. The first kappa shape index (κ1) is 23.9. The van der Waals surface area contributed by atoms with Gasteiger partial charge in [-0.05, 0) is 66.9 Å². The average molecular weight is 480 g/mol. The van der Waals surface area contributed by atoms with Crippen LogP contribution in [0.2, 0.25) is 5.02 Å². The molecule has 0 atom stereocenters. The third-order valence-corrected chi connectivity index (χ3v) is 6.74. The van der Waals surface area contributed by atoms with Crippen molar-refractivity contribution >= 4 is 29.4 Å². The molecule has 34 heavy (non-hydrogen) atoms. The van der Waals surface area contributed by atoms with Gasteiger partial charge < -0.3 is 14.6 Å². The summed E-state index contributed by atoms with van der Waals surface area (Å²) in [4.78, 5) is 17.2. The maximum Gasteiger partial charge on any atom is 0.271 e. The monoisotopic (exact) mass is 479 g/mol. The van der Waals surface area contributed by atoms with Crippen LogP contribution in [-0.2, 0) is 6.54 Å². The zero-order valence-corrected chi connectivity index (χ0v) is 20.3. The molecule has 1 aliphatic heterocycles. The lowest BCUT2D eigenvalue weighted by molar-refractivity contribution is 0.0955. The van der Waals surface area contributed by atoms with Crippen LogP contribution in [0.25, 0.3) is 0 Å². The fraction of sp³-hybridized carbons (Fsp3) is 0.308. The van der Waals surface area contributed by atoms with E-state index in [1.54, 1.807) is 6.21 Å². The Morgan fingerprint density at radius 2 is 1.79 bits per heavy atom. The van der Waals surface area contributed by atoms with E-state index in [2.05, 4.69) is 69.3 Å². The molecule has 1 amide bonds. The number of amides is 1. The van der Waals surface area contributed by atoms with Gasteiger partial charge in [0.1, 0.15) is 5.75 Å². The number of hydrogen-bond donors (Lipinski definition) is 2. The first-order chi connectivity index (χ1) is 16.4. The lowest BCUT2D eigenvalue weighted by Crippen LogP contribution is -2.47. The molecule has 0 aliphatic carbocycles. The van der Waals surface area contributed by atoms with Crippen molar-refractivity contribution in [3.8, 4) is 5.75 Å². The molecular weight excluding hydrogens is 450 g/mol. The Balaban J connectivity index is 1.33. The summed E-state index contributed by atoms with van der Waals surface area (Å²) in [6, 6.07) is 12.6. The van der Waals surface area contributed by atoms with E-state index in [0.717, 1.165) is 50.4 Å². The number of rotatable bonds is 7. The van der Waals surface area contributed by atoms with Gasteiger partial charge in [0.25, 0.3) is 5.91 Å². The highest BCUT2D eigenvalue weighted by Gasteiger charge is 2.19. The minimum Gasteiger partial charge on any atom is -0.506 e. The van der Waals surface area contributed by atoms with E-state index >= 15 is 0 Å². The van der Waals surface area contributed by atoms with E-state index < -0.39 is 5.91 Å². The quantitative estimate of drug-likeness (QED) is 0.396. The van der Waals surface area contributed by atoms with Gasteiger partial charge in [-0.1, -0.05) is 17.7 Å². The summed E-state index contributed by atoms with van der Waals surface area (Å²) in [6.07, 6.45) is 5.88. The van der Waals surface area contributed by atoms with E-state index in [9.17, 15) is 9.90 Å². The van der Waals surface area contributed by atoms with E-state index in [1.165, 1.54) is 29.4 Å². The van der Waals surface area contributed by atoms with Crippen molar-refractivity contribution in [3.05, 3.63) is 82.1 Å². The second-order valence-electron chi connectivity index (χ2n) is 8.54. The molecule has 2 heterocycles. The third kappa shape index (κ3) is 5.61. The van der Waals surface area contributed by atoms with Crippen molar-refractivity contribution in [2.24, 2.45) is 5.10 Å². The molecule has 0 saturated carbocycles. The molecule has 2 N–H and O–H groups in total. The largest absolute Gasteiger partial charge is 0.506 e. The number of nitrogens with one attached hydrogen (secondary N) is 1. The fourth-order valence-electron chi connectivity index (χ4n) is 4.17. The minimum atomic E-state index is -0.390. The summed E-state index contributed by atoms with van der Waals surface area (Å²) in [6.45, 7) is 10.4. The number of phenolic OH excluding ortho intramolecular Hbond substituents is 1. The van der Waals surface area contributed by atoms with Crippen LogP contribution in [0.5, 0.6) is 5.75 Å². The molecule has 0 radical (unpaired) electrons. The molecule has 1 saturated heterocycles. The zero-order chi connectivity index (χ0) is 24.1. The minimum absolute atomic E-state index is 0.0637. The SMILES string of the molecule is Cc1c(/C=N/NC(=O)c2ccc(O)c(Cl)c2)ccc(N2CCN(CCn3cccc3)CC2)c1C. The number of aromatic hydroxyl groups is 1. The van der Waals surface area contributed by atoms with E-state index in [0.29, 0.717) is 5.56 Å². The molecule has 1 aromatic heterocycles. The van der Waals surface area contributed by atoms with Crippen LogP contribution in [0.3, 0.4) is 0 Å². The van der Waals surface area contributed by atoms with Gasteiger partial charge in [-0.15, -0.1) is 0 Å². The lowest BCUT2D eigenvalue weighted by atomic mass is 10.0. The normalized spacial score (nSPS) is 14.6. The maximum atomic E-state index is 12.3. The van der Waals surface area contributed by atoms with Gasteiger partial charge in [0.15, 0.2) is 0 Å². The van der Waals surface area contributed by atoms with Crippen molar-refractivity contribution in [1.29, 1.82) is 0 Å². The van der Waals surface area contributed by atoms with Gasteiger partial charge in [-0.3, -0.25) is 9.69 Å². The van der Waals surface area contributed by atoms with Crippen LogP contribution in [0.4, 0.5) is 5.69 Å². The van der Waals surface area contributed by atoms with Gasteiger partial charge >= 0.3 is 0 Å². The van der Waals surface area contributed by atoms with Crippen molar-refractivity contribution in [3.63, 3.8) is 0 Å². The zero-order valence-electron chi connectivity index (χ0n) is 19.5. The summed E-state index contributed by atoms with van der Waals surface area (Å²) in [5.74, 6) is -0.454. The molecule has 0 bridgehead atoms. The lowest BCUT2D eigenvalue weighted by Gasteiger charge is -2.37. The fourth-order valence-corrected chi connectivity index (χ4v) is 4.35. The molecule has 8 heteroatoms. The number of halogens is 1. The Bertz CT molecular complexity index is 1170. The maximum absolute atomic E-state index is 12.3. The first-order valence-electron chi connectivity index (χ1n) is 11.4. The summed E-state index contributed by atoms with van der Waals surface area (Å²) >= 11 is 5.87. The Hall–Kier alpha value is -3.29. The van der Waals surface area contributed by atoms with Gasteiger partial charge in [0.2, 0.25) is 0 Å². The number of anilines is 1. The predicted octanol–water partition coefficient (Wildman–Crippen LogP) is 4.05. The molecule has 4 rings (SSSR count). The summed E-state index contributed by atoms with van der Waals surface area (Å²) < 4.78 is 2.22. The topological polar surface area (TPSA) is 73.1 Å². The highest BCUT2D eigenvalue weighted by Crippen LogP contribution is 2.26. The predicted molar refractivity (Wildman–Crippen MR) is 137 cm³/mol. The van der Waals surface area contributed by atoms with Crippen molar-refractivity contribution in [2.45, 2.75) is 20.4 Å². The number of hydrazone groups is 1. The second-order valence-corrected chi connectivity index (χ2v) is 8.95. The average Bonchev–Trinajstić information content (AvgIpc) is 3.36. The molecule has 1 aliphatic rings.